The van der Waals surface area contributed by atoms with Gasteiger partial charge in [0.25, 0.3) is 0 Å². The quantitative estimate of drug-likeness (QED) is 0.765. The number of rotatable bonds is 4. The number of hydrogen-bond donors (Lipinski definition) is 1. The first kappa shape index (κ1) is 11.4. The number of Topliss-reactive ketones (excluding diaryl/α,β-unsaturated/α-hetero) is 1. The van der Waals surface area contributed by atoms with Gasteiger partial charge in [-0.1, -0.05) is 23.8 Å². The van der Waals surface area contributed by atoms with Crippen LogP contribution in [0.5, 0.6) is 0 Å². The number of hydrogen-bond acceptors (Lipinski definition) is 2. The first-order valence-electron chi connectivity index (χ1n) is 4.83. The first-order chi connectivity index (χ1) is 7.00. The lowest BCUT2D eigenvalue weighted by molar-refractivity contribution is -0.149. The maximum atomic E-state index is 10.9. The van der Waals surface area contributed by atoms with Crippen LogP contribution in [0.1, 0.15) is 23.1 Å². The van der Waals surface area contributed by atoms with E-state index >= 15 is 0 Å². The van der Waals surface area contributed by atoms with Gasteiger partial charge < -0.3 is 5.11 Å². The second kappa shape index (κ2) is 4.73. The van der Waals surface area contributed by atoms with Gasteiger partial charge >= 0.3 is 5.97 Å². The van der Waals surface area contributed by atoms with Gasteiger partial charge in [0.1, 0.15) is 0 Å². The Morgan fingerprint density at radius 3 is 2.53 bits per heavy atom. The van der Waals surface area contributed by atoms with Crippen molar-refractivity contribution in [1.29, 1.82) is 0 Å². The van der Waals surface area contributed by atoms with Crippen LogP contribution in [0.25, 0.3) is 0 Å². The largest absolute Gasteiger partial charge is 0.476 e. The Kier molecular flexibility index (Phi) is 3.61. The molecule has 0 spiro atoms. The molecule has 0 amide bonds. The number of aliphatic carboxylic acids is 1. The molecular weight excluding hydrogens is 192 g/mol. The molecule has 3 heteroatoms. The summed E-state index contributed by atoms with van der Waals surface area (Å²) >= 11 is 0. The molecule has 0 saturated carbocycles. The van der Waals surface area contributed by atoms with Gasteiger partial charge in [0.15, 0.2) is 0 Å². The van der Waals surface area contributed by atoms with Crippen molar-refractivity contribution in [2.24, 2.45) is 0 Å². The maximum Gasteiger partial charge on any atom is 0.372 e. The Labute approximate surface area is 88.7 Å². The van der Waals surface area contributed by atoms with Crippen molar-refractivity contribution >= 4 is 11.8 Å². The van der Waals surface area contributed by atoms with Gasteiger partial charge in [0, 0.05) is 6.42 Å². The molecule has 0 radical (unpaired) electrons. The molecule has 0 aliphatic carbocycles. The smallest absolute Gasteiger partial charge is 0.372 e. The molecule has 1 aromatic rings. The van der Waals surface area contributed by atoms with Crippen LogP contribution >= 0.6 is 0 Å². The third-order valence-electron chi connectivity index (χ3n) is 2.36. The van der Waals surface area contributed by atoms with Crippen molar-refractivity contribution in [3.63, 3.8) is 0 Å². The zero-order valence-electron chi connectivity index (χ0n) is 8.91. The Morgan fingerprint density at radius 2 is 1.93 bits per heavy atom. The predicted molar refractivity (Wildman–Crippen MR) is 56.9 cm³/mol. The maximum absolute atomic E-state index is 10.9. The minimum Gasteiger partial charge on any atom is -0.476 e. The van der Waals surface area contributed by atoms with Crippen molar-refractivity contribution in [2.45, 2.75) is 26.7 Å². The SMILES string of the molecule is Cc1ccc(C)c(CCC(=O)C(=O)O)c1. The highest BCUT2D eigenvalue weighted by atomic mass is 16.4. The average molecular weight is 206 g/mol. The van der Waals surface area contributed by atoms with E-state index in [1.807, 2.05) is 32.0 Å². The van der Waals surface area contributed by atoms with Crippen LogP contribution in [-0.2, 0) is 16.0 Å². The average Bonchev–Trinajstić information content (AvgIpc) is 2.18. The molecule has 3 nitrogen and oxygen atoms in total. The summed E-state index contributed by atoms with van der Waals surface area (Å²) in [6, 6.07) is 5.97. The molecule has 15 heavy (non-hydrogen) atoms. The Morgan fingerprint density at radius 1 is 1.27 bits per heavy atom. The molecule has 80 valence electrons. The second-order valence-corrected chi connectivity index (χ2v) is 3.66. The van der Waals surface area contributed by atoms with Gasteiger partial charge in [-0.05, 0) is 31.4 Å². The van der Waals surface area contributed by atoms with E-state index in [1.54, 1.807) is 0 Å². The lowest BCUT2D eigenvalue weighted by Gasteiger charge is -2.05. The molecule has 1 N–H and O–H groups in total. The third-order valence-corrected chi connectivity index (χ3v) is 2.36. The highest BCUT2D eigenvalue weighted by molar-refractivity contribution is 6.32. The molecule has 0 heterocycles. The fraction of sp³-hybridized carbons (Fsp3) is 0.333. The summed E-state index contributed by atoms with van der Waals surface area (Å²) in [6.45, 7) is 3.93. The third kappa shape index (κ3) is 3.20. The van der Waals surface area contributed by atoms with Gasteiger partial charge in [0.2, 0.25) is 5.78 Å². The number of benzene rings is 1. The number of carbonyl (C=O) groups excluding carboxylic acids is 1. The summed E-state index contributed by atoms with van der Waals surface area (Å²) in [5.41, 5.74) is 3.27. The summed E-state index contributed by atoms with van der Waals surface area (Å²) in [5.74, 6) is -2.07. The van der Waals surface area contributed by atoms with E-state index in [0.29, 0.717) is 6.42 Å². The van der Waals surface area contributed by atoms with E-state index in [1.165, 1.54) is 0 Å². The van der Waals surface area contributed by atoms with Gasteiger partial charge in [-0.3, -0.25) is 4.79 Å². The molecular formula is C12H14O3. The summed E-state index contributed by atoms with van der Waals surface area (Å²) in [5, 5.41) is 8.43. The zero-order chi connectivity index (χ0) is 11.4. The van der Waals surface area contributed by atoms with Crippen molar-refractivity contribution in [3.8, 4) is 0 Å². The molecule has 0 aliphatic rings. The first-order valence-corrected chi connectivity index (χ1v) is 4.83. The van der Waals surface area contributed by atoms with E-state index in [4.69, 9.17) is 5.11 Å². The molecule has 0 fully saturated rings. The van der Waals surface area contributed by atoms with E-state index in [-0.39, 0.29) is 6.42 Å². The Balaban J connectivity index is 2.69. The summed E-state index contributed by atoms with van der Waals surface area (Å²) in [4.78, 5) is 21.2. The Bertz CT molecular complexity index is 394. The van der Waals surface area contributed by atoms with E-state index < -0.39 is 11.8 Å². The Hall–Kier alpha value is -1.64. The van der Waals surface area contributed by atoms with Gasteiger partial charge in [-0.25, -0.2) is 4.79 Å². The molecule has 0 aromatic heterocycles. The monoisotopic (exact) mass is 206 g/mol. The number of carboxylic acid groups (broad SMARTS) is 1. The van der Waals surface area contributed by atoms with E-state index in [2.05, 4.69) is 0 Å². The molecule has 0 atom stereocenters. The summed E-state index contributed by atoms with van der Waals surface area (Å²) in [7, 11) is 0. The van der Waals surface area contributed by atoms with Crippen LogP contribution in [0, 0.1) is 13.8 Å². The van der Waals surface area contributed by atoms with Crippen LogP contribution in [-0.4, -0.2) is 16.9 Å². The predicted octanol–water partition coefficient (Wildman–Crippen LogP) is 1.89. The molecule has 1 aromatic carbocycles. The van der Waals surface area contributed by atoms with Crippen LogP contribution in [0.15, 0.2) is 18.2 Å². The van der Waals surface area contributed by atoms with Crippen molar-refractivity contribution in [3.05, 3.63) is 34.9 Å². The van der Waals surface area contributed by atoms with Crippen LogP contribution in [0.3, 0.4) is 0 Å². The van der Waals surface area contributed by atoms with Gasteiger partial charge in [0.05, 0.1) is 0 Å². The minimum atomic E-state index is -1.35. The number of carbonyl (C=O) groups is 2. The summed E-state index contributed by atoms with van der Waals surface area (Å²) in [6.07, 6.45) is 0.568. The van der Waals surface area contributed by atoms with Crippen LogP contribution in [0.2, 0.25) is 0 Å². The normalized spacial score (nSPS) is 10.0. The lowest BCUT2D eigenvalue weighted by atomic mass is 10.0. The topological polar surface area (TPSA) is 54.4 Å². The number of carboxylic acids is 1. The number of aryl methyl sites for hydroxylation is 3. The van der Waals surface area contributed by atoms with Gasteiger partial charge in [-0.2, -0.15) is 0 Å². The zero-order valence-corrected chi connectivity index (χ0v) is 8.91. The van der Waals surface area contributed by atoms with E-state index in [0.717, 1.165) is 16.7 Å². The standard InChI is InChI=1S/C12H14O3/c1-8-3-4-9(2)10(7-8)5-6-11(13)12(14)15/h3-4,7H,5-6H2,1-2H3,(H,14,15). The molecule has 0 bridgehead atoms. The van der Waals surface area contributed by atoms with Crippen molar-refractivity contribution in [2.75, 3.05) is 0 Å². The van der Waals surface area contributed by atoms with Crippen LogP contribution < -0.4 is 0 Å². The van der Waals surface area contributed by atoms with Gasteiger partial charge in [-0.15, -0.1) is 0 Å². The number of ketones is 1. The summed E-state index contributed by atoms with van der Waals surface area (Å²) < 4.78 is 0. The second-order valence-electron chi connectivity index (χ2n) is 3.66. The molecule has 0 aliphatic heterocycles. The molecule has 0 saturated heterocycles. The van der Waals surface area contributed by atoms with Crippen molar-refractivity contribution in [1.82, 2.24) is 0 Å². The lowest BCUT2D eigenvalue weighted by Crippen LogP contribution is -2.13. The molecule has 1 rings (SSSR count). The molecule has 0 unspecified atom stereocenters. The van der Waals surface area contributed by atoms with Crippen molar-refractivity contribution < 1.29 is 14.7 Å². The highest BCUT2D eigenvalue weighted by Crippen LogP contribution is 2.12. The fourth-order valence-corrected chi connectivity index (χ4v) is 1.42. The van der Waals surface area contributed by atoms with E-state index in [9.17, 15) is 9.59 Å². The van der Waals surface area contributed by atoms with Crippen LogP contribution in [0.4, 0.5) is 0 Å². The highest BCUT2D eigenvalue weighted by Gasteiger charge is 2.11. The fourth-order valence-electron chi connectivity index (χ4n) is 1.42. The minimum absolute atomic E-state index is 0.0691.